The summed E-state index contributed by atoms with van der Waals surface area (Å²) in [6, 6.07) is 15.0. The minimum absolute atomic E-state index is 0.133. The number of aromatic nitrogens is 3. The zero-order chi connectivity index (χ0) is 23.2. The fourth-order valence-electron chi connectivity index (χ4n) is 4.33. The zero-order valence-electron chi connectivity index (χ0n) is 18.2. The molecule has 0 unspecified atom stereocenters. The van der Waals surface area contributed by atoms with Gasteiger partial charge in [0.25, 0.3) is 5.56 Å². The average Bonchev–Trinajstić information content (AvgIpc) is 2.82. The summed E-state index contributed by atoms with van der Waals surface area (Å²) in [6.45, 7) is 0.761. The summed E-state index contributed by atoms with van der Waals surface area (Å²) in [5.41, 5.74) is 3.04. The van der Waals surface area contributed by atoms with Crippen LogP contribution in [0.1, 0.15) is 25.7 Å². The molecule has 0 atom stereocenters. The molecular weight excluding hydrogens is 442 g/mol. The van der Waals surface area contributed by atoms with E-state index in [1.807, 2.05) is 36.4 Å². The van der Waals surface area contributed by atoms with Gasteiger partial charge in [0, 0.05) is 29.9 Å². The monoisotopic (exact) mass is 467 g/mol. The summed E-state index contributed by atoms with van der Waals surface area (Å²) in [4.78, 5) is 27.8. The van der Waals surface area contributed by atoms with Crippen molar-refractivity contribution in [2.75, 3.05) is 13.2 Å². The second kappa shape index (κ2) is 10.7. The molecule has 0 spiro atoms. The summed E-state index contributed by atoms with van der Waals surface area (Å²) in [5, 5.41) is 13.9. The first-order valence-electron chi connectivity index (χ1n) is 11.1. The first kappa shape index (κ1) is 23.1. The number of halogens is 1. The third kappa shape index (κ3) is 6.06. The van der Waals surface area contributed by atoms with E-state index < -0.39 is 5.97 Å². The zero-order valence-corrected chi connectivity index (χ0v) is 18.9. The number of hydrogen-bond donors (Lipinski definition) is 1. The Labute approximate surface area is 197 Å². The molecular formula is C25H26ClN3O4. The summed E-state index contributed by atoms with van der Waals surface area (Å²) in [6.07, 6.45) is 5.49. The van der Waals surface area contributed by atoms with Gasteiger partial charge in [-0.15, -0.1) is 0 Å². The van der Waals surface area contributed by atoms with Crippen LogP contribution in [0.25, 0.3) is 22.4 Å². The van der Waals surface area contributed by atoms with E-state index in [0.29, 0.717) is 35.8 Å². The minimum atomic E-state index is -0.945. The molecule has 2 aromatic heterocycles. The van der Waals surface area contributed by atoms with Gasteiger partial charge < -0.3 is 9.84 Å². The van der Waals surface area contributed by atoms with Gasteiger partial charge in [-0.05, 0) is 55.2 Å². The maximum absolute atomic E-state index is 13.0. The normalized spacial score (nSPS) is 18.2. The molecule has 1 aromatic carbocycles. The van der Waals surface area contributed by atoms with Crippen LogP contribution in [0.2, 0.25) is 5.15 Å². The molecule has 2 heterocycles. The van der Waals surface area contributed by atoms with Gasteiger partial charge >= 0.3 is 5.97 Å². The number of pyridine rings is 1. The Balaban J connectivity index is 1.54. The smallest absolute Gasteiger partial charge is 0.329 e. The van der Waals surface area contributed by atoms with Gasteiger partial charge in [0.05, 0.1) is 6.61 Å². The number of ether oxygens (including phenoxy) is 1. The Morgan fingerprint density at radius 2 is 1.79 bits per heavy atom. The fourth-order valence-corrected chi connectivity index (χ4v) is 4.44. The van der Waals surface area contributed by atoms with Gasteiger partial charge in [0.15, 0.2) is 0 Å². The quantitative estimate of drug-likeness (QED) is 0.489. The second-order valence-electron chi connectivity index (χ2n) is 8.46. The lowest BCUT2D eigenvalue weighted by molar-refractivity contribution is -0.142. The molecule has 0 saturated heterocycles. The topological polar surface area (TPSA) is 94.3 Å². The molecule has 33 heavy (non-hydrogen) atoms. The summed E-state index contributed by atoms with van der Waals surface area (Å²) in [5.74, 6) is -0.245. The molecule has 1 aliphatic carbocycles. The lowest BCUT2D eigenvalue weighted by Gasteiger charge is -2.28. The molecule has 0 bridgehead atoms. The predicted octanol–water partition coefficient (Wildman–Crippen LogP) is 4.53. The van der Waals surface area contributed by atoms with E-state index in [1.165, 1.54) is 0 Å². The van der Waals surface area contributed by atoms with Crippen molar-refractivity contribution < 1.29 is 14.6 Å². The van der Waals surface area contributed by atoms with Crippen LogP contribution in [0.15, 0.2) is 59.5 Å². The number of rotatable bonds is 8. The number of hydrogen-bond acceptors (Lipinski definition) is 5. The lowest BCUT2D eigenvalue weighted by Crippen LogP contribution is -2.29. The van der Waals surface area contributed by atoms with Crippen molar-refractivity contribution in [3.8, 4) is 22.4 Å². The summed E-state index contributed by atoms with van der Waals surface area (Å²) in [7, 11) is 0. The second-order valence-corrected chi connectivity index (χ2v) is 8.85. The van der Waals surface area contributed by atoms with Crippen LogP contribution in [0.3, 0.4) is 0 Å². The lowest BCUT2D eigenvalue weighted by atomic mass is 9.82. The van der Waals surface area contributed by atoms with Crippen LogP contribution in [0, 0.1) is 11.8 Å². The molecule has 3 aromatic rings. The largest absolute Gasteiger partial charge is 0.480 e. The summed E-state index contributed by atoms with van der Waals surface area (Å²) >= 11 is 5.98. The van der Waals surface area contributed by atoms with Gasteiger partial charge in [-0.2, -0.15) is 5.10 Å². The van der Waals surface area contributed by atoms with Crippen molar-refractivity contribution in [3.63, 3.8) is 0 Å². The Hall–Kier alpha value is -3.03. The van der Waals surface area contributed by atoms with Gasteiger partial charge in [0.2, 0.25) is 0 Å². The van der Waals surface area contributed by atoms with E-state index >= 15 is 0 Å². The Morgan fingerprint density at radius 3 is 2.45 bits per heavy atom. The van der Waals surface area contributed by atoms with Crippen LogP contribution in [-0.4, -0.2) is 39.1 Å². The van der Waals surface area contributed by atoms with Crippen LogP contribution in [0.5, 0.6) is 0 Å². The van der Waals surface area contributed by atoms with Crippen LogP contribution >= 0.6 is 11.6 Å². The SMILES string of the molecule is O=C(O)COCC1CCC(Cn2nc(-c3ccc(Cl)nc3)c(-c3ccccc3)cc2=O)CC1. The number of carbonyl (C=O) groups is 1. The number of carboxylic acids is 1. The highest BCUT2D eigenvalue weighted by atomic mass is 35.5. The number of nitrogens with zero attached hydrogens (tertiary/aromatic N) is 3. The first-order valence-corrected chi connectivity index (χ1v) is 11.5. The molecule has 0 aliphatic heterocycles. The van der Waals surface area contributed by atoms with Gasteiger partial charge in [-0.1, -0.05) is 41.9 Å². The van der Waals surface area contributed by atoms with Gasteiger partial charge in [-0.3, -0.25) is 4.79 Å². The van der Waals surface area contributed by atoms with Crippen molar-refractivity contribution >= 4 is 17.6 Å². The Bertz CT molecular complexity index is 1140. The predicted molar refractivity (Wildman–Crippen MR) is 126 cm³/mol. The van der Waals surface area contributed by atoms with Crippen molar-refractivity contribution in [2.45, 2.75) is 32.2 Å². The molecule has 0 radical (unpaired) electrons. The van der Waals surface area contributed by atoms with E-state index in [4.69, 9.17) is 26.5 Å². The highest BCUT2D eigenvalue weighted by Gasteiger charge is 2.23. The molecule has 172 valence electrons. The van der Waals surface area contributed by atoms with E-state index in [-0.39, 0.29) is 12.2 Å². The van der Waals surface area contributed by atoms with Crippen molar-refractivity contribution in [2.24, 2.45) is 11.8 Å². The maximum Gasteiger partial charge on any atom is 0.329 e. The summed E-state index contributed by atoms with van der Waals surface area (Å²) < 4.78 is 6.81. The van der Waals surface area contributed by atoms with E-state index in [9.17, 15) is 9.59 Å². The molecule has 4 rings (SSSR count). The van der Waals surface area contributed by atoms with Crippen molar-refractivity contribution in [3.05, 3.63) is 70.2 Å². The fraction of sp³-hybridized carbons (Fsp3) is 0.360. The highest BCUT2D eigenvalue weighted by Crippen LogP contribution is 2.31. The molecule has 1 aliphatic rings. The first-order chi connectivity index (χ1) is 16.0. The van der Waals surface area contributed by atoms with Gasteiger partial charge in [-0.25, -0.2) is 14.5 Å². The van der Waals surface area contributed by atoms with Crippen molar-refractivity contribution in [1.82, 2.24) is 14.8 Å². The van der Waals surface area contributed by atoms with E-state index in [2.05, 4.69) is 4.98 Å². The third-order valence-corrected chi connectivity index (χ3v) is 6.28. The number of carboxylic acid groups (broad SMARTS) is 1. The number of benzene rings is 1. The minimum Gasteiger partial charge on any atom is -0.480 e. The highest BCUT2D eigenvalue weighted by molar-refractivity contribution is 6.29. The maximum atomic E-state index is 13.0. The Kier molecular flexibility index (Phi) is 7.52. The Morgan fingerprint density at radius 1 is 1.06 bits per heavy atom. The van der Waals surface area contributed by atoms with Crippen LogP contribution in [-0.2, 0) is 16.1 Å². The molecule has 1 saturated carbocycles. The van der Waals surface area contributed by atoms with E-state index in [1.54, 1.807) is 23.0 Å². The number of aliphatic carboxylic acids is 1. The standard InChI is InChI=1S/C25H26ClN3O4/c26-22-11-10-20(13-27-22)25-21(19-4-2-1-3-5-19)12-23(30)29(28-25)14-17-6-8-18(9-7-17)15-33-16-24(31)32/h1-5,10-13,17-18H,6-9,14-16H2,(H,31,32). The van der Waals surface area contributed by atoms with Crippen molar-refractivity contribution in [1.29, 1.82) is 0 Å². The van der Waals surface area contributed by atoms with Gasteiger partial charge in [0.1, 0.15) is 17.5 Å². The molecule has 7 nitrogen and oxygen atoms in total. The molecule has 8 heteroatoms. The van der Waals surface area contributed by atoms with E-state index in [0.717, 1.165) is 42.4 Å². The molecule has 1 fully saturated rings. The van der Waals surface area contributed by atoms with Crippen LogP contribution in [0.4, 0.5) is 0 Å². The molecule has 0 amide bonds. The average molecular weight is 468 g/mol. The third-order valence-electron chi connectivity index (χ3n) is 6.06. The van der Waals surface area contributed by atoms with Crippen LogP contribution < -0.4 is 5.56 Å². The molecule has 1 N–H and O–H groups in total.